The molecular formula is C15H17NO. The molecular weight excluding hydrogens is 210 g/mol. The van der Waals surface area contributed by atoms with Gasteiger partial charge in [-0.1, -0.05) is 25.1 Å². The lowest BCUT2D eigenvalue weighted by atomic mass is 10.0. The lowest BCUT2D eigenvalue weighted by Crippen LogP contribution is -2.18. The van der Waals surface area contributed by atoms with Gasteiger partial charge in [0.15, 0.2) is 0 Å². The van der Waals surface area contributed by atoms with Crippen LogP contribution in [0.2, 0.25) is 0 Å². The Kier molecular flexibility index (Phi) is 2.73. The Bertz CT molecular complexity index is 502. The van der Waals surface area contributed by atoms with Gasteiger partial charge in [0, 0.05) is 11.6 Å². The molecule has 1 atom stereocenters. The Morgan fingerprint density at radius 1 is 1.29 bits per heavy atom. The number of hydrogen-bond donors (Lipinski definition) is 1. The number of rotatable bonds is 3. The van der Waals surface area contributed by atoms with Crippen LogP contribution in [0.5, 0.6) is 0 Å². The van der Waals surface area contributed by atoms with E-state index < -0.39 is 0 Å². The van der Waals surface area contributed by atoms with Crippen molar-refractivity contribution in [3.05, 3.63) is 47.7 Å². The van der Waals surface area contributed by atoms with E-state index in [1.807, 2.05) is 12.1 Å². The molecule has 1 aliphatic carbocycles. The van der Waals surface area contributed by atoms with Gasteiger partial charge in [0.25, 0.3) is 0 Å². The molecule has 1 aliphatic rings. The molecule has 0 fully saturated rings. The summed E-state index contributed by atoms with van der Waals surface area (Å²) in [5.74, 6) is 0.985. The van der Waals surface area contributed by atoms with Crippen LogP contribution < -0.4 is 5.32 Å². The summed E-state index contributed by atoms with van der Waals surface area (Å²) in [5, 5.41) is 3.54. The molecule has 1 N–H and O–H groups in total. The van der Waals surface area contributed by atoms with E-state index in [0.717, 1.165) is 18.7 Å². The fraction of sp³-hybridized carbons (Fsp3) is 0.333. The Hall–Kier alpha value is -1.54. The van der Waals surface area contributed by atoms with E-state index in [1.165, 1.54) is 23.1 Å². The molecule has 0 saturated carbocycles. The summed E-state index contributed by atoms with van der Waals surface area (Å²) in [5.41, 5.74) is 4.15. The van der Waals surface area contributed by atoms with Crippen molar-refractivity contribution in [2.75, 3.05) is 6.54 Å². The van der Waals surface area contributed by atoms with Gasteiger partial charge in [0.2, 0.25) is 0 Å². The van der Waals surface area contributed by atoms with Crippen LogP contribution in [0.4, 0.5) is 0 Å². The van der Waals surface area contributed by atoms with Gasteiger partial charge in [-0.05, 0) is 42.6 Å². The van der Waals surface area contributed by atoms with Crippen LogP contribution >= 0.6 is 0 Å². The first-order chi connectivity index (χ1) is 8.40. The van der Waals surface area contributed by atoms with Gasteiger partial charge < -0.3 is 9.73 Å². The molecule has 1 aromatic carbocycles. The molecule has 0 saturated heterocycles. The van der Waals surface area contributed by atoms with Gasteiger partial charge >= 0.3 is 0 Å². The molecule has 0 bridgehead atoms. The standard InChI is InChI=1S/C15H17NO/c1-2-16-14-9-8-11-12(14)5-3-6-13(11)15-7-4-10-17-15/h3-7,10,14,16H,2,8-9H2,1H3. The summed E-state index contributed by atoms with van der Waals surface area (Å²) < 4.78 is 5.52. The Labute approximate surface area is 102 Å². The Balaban J connectivity index is 2.04. The molecule has 1 heterocycles. The average molecular weight is 227 g/mol. The van der Waals surface area contributed by atoms with Gasteiger partial charge in [0.05, 0.1) is 6.26 Å². The van der Waals surface area contributed by atoms with E-state index >= 15 is 0 Å². The van der Waals surface area contributed by atoms with Gasteiger partial charge in [-0.15, -0.1) is 0 Å². The normalized spacial score (nSPS) is 18.3. The topological polar surface area (TPSA) is 25.2 Å². The zero-order valence-corrected chi connectivity index (χ0v) is 10.1. The summed E-state index contributed by atoms with van der Waals surface area (Å²) in [7, 11) is 0. The minimum absolute atomic E-state index is 0.518. The second kappa shape index (κ2) is 4.38. The summed E-state index contributed by atoms with van der Waals surface area (Å²) in [6, 6.07) is 11.0. The van der Waals surface area contributed by atoms with Crippen molar-refractivity contribution in [2.24, 2.45) is 0 Å². The highest BCUT2D eigenvalue weighted by Crippen LogP contribution is 2.37. The highest BCUT2D eigenvalue weighted by Gasteiger charge is 2.24. The van der Waals surface area contributed by atoms with Crippen molar-refractivity contribution >= 4 is 0 Å². The third-order valence-electron chi connectivity index (χ3n) is 3.51. The predicted molar refractivity (Wildman–Crippen MR) is 68.9 cm³/mol. The molecule has 0 radical (unpaired) electrons. The monoisotopic (exact) mass is 227 g/mol. The van der Waals surface area contributed by atoms with Crippen molar-refractivity contribution in [1.82, 2.24) is 5.32 Å². The molecule has 2 nitrogen and oxygen atoms in total. The van der Waals surface area contributed by atoms with Gasteiger partial charge in [0.1, 0.15) is 5.76 Å². The largest absolute Gasteiger partial charge is 0.464 e. The molecule has 0 aliphatic heterocycles. The van der Waals surface area contributed by atoms with Crippen LogP contribution in [-0.2, 0) is 6.42 Å². The first-order valence-corrected chi connectivity index (χ1v) is 6.29. The highest BCUT2D eigenvalue weighted by molar-refractivity contribution is 5.65. The van der Waals surface area contributed by atoms with Gasteiger partial charge in [-0.3, -0.25) is 0 Å². The lowest BCUT2D eigenvalue weighted by molar-refractivity contribution is 0.549. The van der Waals surface area contributed by atoms with Gasteiger partial charge in [-0.2, -0.15) is 0 Å². The Morgan fingerprint density at radius 2 is 2.24 bits per heavy atom. The van der Waals surface area contributed by atoms with Crippen LogP contribution in [0, 0.1) is 0 Å². The first-order valence-electron chi connectivity index (χ1n) is 6.29. The van der Waals surface area contributed by atoms with Crippen molar-refractivity contribution < 1.29 is 4.42 Å². The molecule has 1 aromatic heterocycles. The van der Waals surface area contributed by atoms with E-state index in [2.05, 4.69) is 30.4 Å². The number of furan rings is 1. The van der Waals surface area contributed by atoms with Crippen LogP contribution in [0.25, 0.3) is 11.3 Å². The highest BCUT2D eigenvalue weighted by atomic mass is 16.3. The summed E-state index contributed by atoms with van der Waals surface area (Å²) in [6.07, 6.45) is 4.08. The van der Waals surface area contributed by atoms with Crippen LogP contribution in [0.3, 0.4) is 0 Å². The number of benzene rings is 1. The number of nitrogens with one attached hydrogen (secondary N) is 1. The van der Waals surface area contributed by atoms with Crippen LogP contribution in [-0.4, -0.2) is 6.54 Å². The van der Waals surface area contributed by atoms with Gasteiger partial charge in [-0.25, -0.2) is 0 Å². The third-order valence-corrected chi connectivity index (χ3v) is 3.51. The molecule has 0 spiro atoms. The summed E-state index contributed by atoms with van der Waals surface area (Å²) >= 11 is 0. The maximum Gasteiger partial charge on any atom is 0.134 e. The molecule has 17 heavy (non-hydrogen) atoms. The summed E-state index contributed by atoms with van der Waals surface area (Å²) in [6.45, 7) is 3.18. The number of fused-ring (bicyclic) bond motifs is 1. The van der Waals surface area contributed by atoms with E-state index in [1.54, 1.807) is 6.26 Å². The minimum Gasteiger partial charge on any atom is -0.464 e. The second-order valence-corrected chi connectivity index (χ2v) is 4.50. The van der Waals surface area contributed by atoms with E-state index in [-0.39, 0.29) is 0 Å². The maximum atomic E-state index is 5.52. The first kappa shape index (κ1) is 10.6. The smallest absolute Gasteiger partial charge is 0.134 e. The summed E-state index contributed by atoms with van der Waals surface area (Å²) in [4.78, 5) is 0. The number of hydrogen-bond acceptors (Lipinski definition) is 2. The molecule has 0 amide bonds. The van der Waals surface area contributed by atoms with Crippen molar-refractivity contribution in [2.45, 2.75) is 25.8 Å². The van der Waals surface area contributed by atoms with Crippen molar-refractivity contribution in [3.63, 3.8) is 0 Å². The molecule has 3 rings (SSSR count). The quantitative estimate of drug-likeness (QED) is 0.867. The molecule has 2 aromatic rings. The zero-order chi connectivity index (χ0) is 11.7. The second-order valence-electron chi connectivity index (χ2n) is 4.50. The predicted octanol–water partition coefficient (Wildman–Crippen LogP) is 3.54. The fourth-order valence-corrected chi connectivity index (χ4v) is 2.78. The minimum atomic E-state index is 0.518. The zero-order valence-electron chi connectivity index (χ0n) is 10.1. The Morgan fingerprint density at radius 3 is 3.00 bits per heavy atom. The lowest BCUT2D eigenvalue weighted by Gasteiger charge is -2.12. The molecule has 88 valence electrons. The average Bonchev–Trinajstić information content (AvgIpc) is 2.98. The van der Waals surface area contributed by atoms with E-state index in [4.69, 9.17) is 4.42 Å². The van der Waals surface area contributed by atoms with Crippen LogP contribution in [0.1, 0.15) is 30.5 Å². The maximum absolute atomic E-state index is 5.52. The van der Waals surface area contributed by atoms with Crippen LogP contribution in [0.15, 0.2) is 41.0 Å². The SMILES string of the molecule is CCNC1CCc2c(-c3ccco3)cccc21. The van der Waals surface area contributed by atoms with Crippen molar-refractivity contribution in [1.29, 1.82) is 0 Å². The fourth-order valence-electron chi connectivity index (χ4n) is 2.78. The van der Waals surface area contributed by atoms with E-state index in [0.29, 0.717) is 6.04 Å². The van der Waals surface area contributed by atoms with Crippen molar-refractivity contribution in [3.8, 4) is 11.3 Å². The van der Waals surface area contributed by atoms with E-state index in [9.17, 15) is 0 Å². The molecule has 2 heteroatoms. The molecule has 1 unspecified atom stereocenters. The third kappa shape index (κ3) is 1.79.